The number of aliphatic imine (C=N–C) groups is 1. The zero-order chi connectivity index (χ0) is 9.52. The van der Waals surface area contributed by atoms with Crippen LogP contribution in [0.3, 0.4) is 0 Å². The van der Waals surface area contributed by atoms with Crippen molar-refractivity contribution in [3.05, 3.63) is 42.0 Å². The van der Waals surface area contributed by atoms with Crippen LogP contribution in [0.25, 0.3) is 0 Å². The Bertz CT molecular complexity index is 337. The second-order valence-corrected chi connectivity index (χ2v) is 2.41. The molecule has 0 spiro atoms. The van der Waals surface area contributed by atoms with E-state index in [9.17, 15) is 4.79 Å². The molecule has 0 radical (unpaired) electrons. The monoisotopic (exact) mass is 175 g/mol. The largest absolute Gasteiger partial charge is 0.478 e. The van der Waals surface area contributed by atoms with E-state index in [1.54, 1.807) is 0 Å². The van der Waals surface area contributed by atoms with Gasteiger partial charge in [0.1, 0.15) is 0 Å². The van der Waals surface area contributed by atoms with Gasteiger partial charge in [0.2, 0.25) is 0 Å². The number of nitrogens with zero attached hydrogens (tertiary/aromatic N) is 1. The van der Waals surface area contributed by atoms with Crippen LogP contribution in [0.15, 0.2) is 41.4 Å². The number of benzene rings is 1. The van der Waals surface area contributed by atoms with Crippen LogP contribution in [0.1, 0.15) is 5.56 Å². The number of carboxylic acid groups (broad SMARTS) is 1. The van der Waals surface area contributed by atoms with Crippen molar-refractivity contribution in [3.63, 3.8) is 0 Å². The Balaban J connectivity index is 2.53. The third-order valence-corrected chi connectivity index (χ3v) is 1.38. The topological polar surface area (TPSA) is 49.7 Å². The van der Waals surface area contributed by atoms with E-state index in [-0.39, 0.29) is 0 Å². The van der Waals surface area contributed by atoms with Crippen molar-refractivity contribution in [1.29, 1.82) is 0 Å². The molecule has 66 valence electrons. The minimum atomic E-state index is -1.03. The van der Waals surface area contributed by atoms with Crippen molar-refractivity contribution in [2.75, 3.05) is 0 Å². The average molecular weight is 175 g/mol. The molecule has 1 N–H and O–H groups in total. The lowest BCUT2D eigenvalue weighted by molar-refractivity contribution is -0.131. The first kappa shape index (κ1) is 9.23. The lowest BCUT2D eigenvalue weighted by atomic mass is 10.2. The van der Waals surface area contributed by atoms with Gasteiger partial charge in [-0.15, -0.1) is 0 Å². The Hall–Kier alpha value is -1.86. The first-order chi connectivity index (χ1) is 6.29. The summed E-state index contributed by atoms with van der Waals surface area (Å²) in [5.41, 5.74) is 1.04. The molecule has 13 heavy (non-hydrogen) atoms. The molecule has 0 aliphatic heterocycles. The van der Waals surface area contributed by atoms with Crippen molar-refractivity contribution >= 4 is 11.8 Å². The van der Waals surface area contributed by atoms with Gasteiger partial charge < -0.3 is 5.11 Å². The Morgan fingerprint density at radius 2 is 2.15 bits per heavy atom. The Labute approximate surface area is 76.1 Å². The van der Waals surface area contributed by atoms with Gasteiger partial charge in [0.05, 0.1) is 12.6 Å². The van der Waals surface area contributed by atoms with Crippen molar-refractivity contribution < 1.29 is 9.90 Å². The van der Waals surface area contributed by atoms with Crippen molar-refractivity contribution in [2.24, 2.45) is 4.99 Å². The summed E-state index contributed by atoms with van der Waals surface area (Å²) in [6.45, 7) is 0.463. The molecule has 1 aromatic rings. The highest BCUT2D eigenvalue weighted by molar-refractivity contribution is 5.89. The molecule has 0 bridgehead atoms. The first-order valence-corrected chi connectivity index (χ1v) is 3.81. The third kappa shape index (κ3) is 3.89. The van der Waals surface area contributed by atoms with Gasteiger partial charge in [-0.1, -0.05) is 30.3 Å². The van der Waals surface area contributed by atoms with Crippen molar-refractivity contribution in [1.82, 2.24) is 0 Å². The lowest BCUT2D eigenvalue weighted by Gasteiger charge is -1.90. The smallest absolute Gasteiger partial charge is 0.337 e. The fourth-order valence-electron chi connectivity index (χ4n) is 0.821. The summed E-state index contributed by atoms with van der Waals surface area (Å²) >= 11 is 0. The van der Waals surface area contributed by atoms with Gasteiger partial charge in [-0.3, -0.25) is 0 Å². The summed E-state index contributed by atoms with van der Waals surface area (Å²) in [5.74, 6) is 1.30. The van der Waals surface area contributed by atoms with Crippen LogP contribution in [0.5, 0.6) is 0 Å². The average Bonchev–Trinajstić information content (AvgIpc) is 2.14. The van der Waals surface area contributed by atoms with Crippen LogP contribution < -0.4 is 0 Å². The number of rotatable bonds is 3. The second-order valence-electron chi connectivity index (χ2n) is 2.41. The van der Waals surface area contributed by atoms with E-state index in [4.69, 9.17) is 5.11 Å². The van der Waals surface area contributed by atoms with Crippen LogP contribution >= 0.6 is 0 Å². The molecule has 1 aromatic carbocycles. The zero-order valence-electron chi connectivity index (χ0n) is 6.97. The van der Waals surface area contributed by atoms with E-state index >= 15 is 0 Å². The van der Waals surface area contributed by atoms with E-state index < -0.39 is 5.97 Å². The third-order valence-electron chi connectivity index (χ3n) is 1.38. The standard InChI is InChI=1S/C10H9NO2/c12-10(13)6-7-11-8-9-4-2-1-3-5-9/h1-6H,8H2,(H,12,13). The molecular formula is C10H9NO2. The Kier molecular flexibility index (Phi) is 3.48. The molecule has 0 aromatic heterocycles. The van der Waals surface area contributed by atoms with Gasteiger partial charge in [0.15, 0.2) is 0 Å². The Morgan fingerprint density at radius 1 is 1.46 bits per heavy atom. The van der Waals surface area contributed by atoms with Crippen LogP contribution in [0.2, 0.25) is 0 Å². The zero-order valence-corrected chi connectivity index (χ0v) is 6.97. The van der Waals surface area contributed by atoms with E-state index in [0.29, 0.717) is 6.54 Å². The molecule has 0 aliphatic rings. The quantitative estimate of drug-likeness (QED) is 0.559. The second kappa shape index (κ2) is 4.91. The number of aliphatic carboxylic acids is 1. The molecule has 0 saturated heterocycles. The number of hydrogen-bond acceptors (Lipinski definition) is 2. The van der Waals surface area contributed by atoms with Gasteiger partial charge >= 0.3 is 5.97 Å². The van der Waals surface area contributed by atoms with Gasteiger partial charge in [-0.05, 0) is 11.4 Å². The predicted molar refractivity (Wildman–Crippen MR) is 49.8 cm³/mol. The molecular weight excluding hydrogens is 166 g/mol. The summed E-state index contributed by atoms with van der Waals surface area (Å²) in [6.07, 6.45) is 0.892. The number of carbonyl (C=O) groups is 1. The molecule has 0 fully saturated rings. The fourth-order valence-corrected chi connectivity index (χ4v) is 0.821. The molecule has 0 aliphatic carbocycles. The first-order valence-electron chi connectivity index (χ1n) is 3.81. The minimum Gasteiger partial charge on any atom is -0.478 e. The SMILES string of the molecule is O=C(O)C=C=NCc1ccccc1. The number of carboxylic acids is 1. The van der Waals surface area contributed by atoms with Gasteiger partial charge in [0.25, 0.3) is 0 Å². The molecule has 3 heteroatoms. The molecule has 0 amide bonds. The van der Waals surface area contributed by atoms with Crippen LogP contribution in [0.4, 0.5) is 0 Å². The highest BCUT2D eigenvalue weighted by Gasteiger charge is 1.85. The van der Waals surface area contributed by atoms with E-state index in [2.05, 4.69) is 10.9 Å². The van der Waals surface area contributed by atoms with E-state index in [0.717, 1.165) is 11.6 Å². The lowest BCUT2D eigenvalue weighted by Crippen LogP contribution is -1.86. The van der Waals surface area contributed by atoms with Gasteiger partial charge in [-0.2, -0.15) is 0 Å². The van der Waals surface area contributed by atoms with Crippen molar-refractivity contribution in [3.8, 4) is 0 Å². The minimum absolute atomic E-state index is 0.463. The molecule has 3 nitrogen and oxygen atoms in total. The molecule has 1 rings (SSSR count). The fraction of sp³-hybridized carbons (Fsp3) is 0.100. The van der Waals surface area contributed by atoms with E-state index in [1.165, 1.54) is 0 Å². The summed E-state index contributed by atoms with van der Waals surface area (Å²) in [5, 5.41) is 8.23. The maximum absolute atomic E-state index is 10.0. The van der Waals surface area contributed by atoms with Crippen LogP contribution in [-0.2, 0) is 11.3 Å². The molecule has 0 heterocycles. The molecule has 0 unspecified atom stereocenters. The van der Waals surface area contributed by atoms with Crippen molar-refractivity contribution in [2.45, 2.75) is 6.54 Å². The highest BCUT2D eigenvalue weighted by atomic mass is 16.4. The summed E-state index contributed by atoms with van der Waals surface area (Å²) in [7, 11) is 0. The van der Waals surface area contributed by atoms with Gasteiger partial charge in [0, 0.05) is 0 Å². The summed E-state index contributed by atoms with van der Waals surface area (Å²) < 4.78 is 0. The maximum atomic E-state index is 10.0. The van der Waals surface area contributed by atoms with Gasteiger partial charge in [-0.25, -0.2) is 9.79 Å². The predicted octanol–water partition coefficient (Wildman–Crippen LogP) is 1.50. The molecule has 0 saturated carbocycles. The summed E-state index contributed by atoms with van der Waals surface area (Å²) in [4.78, 5) is 13.8. The normalized spacial score (nSPS) is 8.62. The molecule has 0 atom stereocenters. The van der Waals surface area contributed by atoms with Crippen LogP contribution in [-0.4, -0.2) is 16.9 Å². The number of hydrogen-bond donors (Lipinski definition) is 1. The van der Waals surface area contributed by atoms with E-state index in [1.807, 2.05) is 30.3 Å². The summed E-state index contributed by atoms with van der Waals surface area (Å²) in [6, 6.07) is 9.58. The van der Waals surface area contributed by atoms with Crippen LogP contribution in [0, 0.1) is 0 Å². The highest BCUT2D eigenvalue weighted by Crippen LogP contribution is 1.98. The Morgan fingerprint density at radius 3 is 2.77 bits per heavy atom. The maximum Gasteiger partial charge on any atom is 0.337 e.